The molecule has 0 radical (unpaired) electrons. The zero-order valence-corrected chi connectivity index (χ0v) is 10.6. The maximum absolute atomic E-state index is 5.58. The van der Waals surface area contributed by atoms with Gasteiger partial charge in [-0.1, -0.05) is 13.8 Å². The molecule has 0 amide bonds. The summed E-state index contributed by atoms with van der Waals surface area (Å²) >= 11 is 0. The summed E-state index contributed by atoms with van der Waals surface area (Å²) in [5, 5.41) is 0. The highest BCUT2D eigenvalue weighted by Gasteiger charge is 2.04. The highest BCUT2D eigenvalue weighted by Crippen LogP contribution is 2.14. The molecule has 0 spiro atoms. The number of hydrogen-bond acceptors (Lipinski definition) is 1. The molecule has 1 rings (SSSR count). The zero-order chi connectivity index (χ0) is 11.4. The van der Waals surface area contributed by atoms with Gasteiger partial charge in [-0.15, -0.1) is 0 Å². The standard InChI is InChI=1S/C13H23NO/c1-10(2)9-15-7-6-14-8-11(3)12(4)13(14)5/h8,10H,6-7,9H2,1-5H3. The SMILES string of the molecule is Cc1cn(CCOCC(C)C)c(C)c1C. The van der Waals surface area contributed by atoms with Crippen LogP contribution in [0.5, 0.6) is 0 Å². The average molecular weight is 209 g/mol. The van der Waals surface area contributed by atoms with E-state index in [1.54, 1.807) is 0 Å². The van der Waals surface area contributed by atoms with E-state index in [0.717, 1.165) is 19.8 Å². The summed E-state index contributed by atoms with van der Waals surface area (Å²) in [7, 11) is 0. The molecule has 1 aromatic heterocycles. The molecule has 0 aliphatic heterocycles. The van der Waals surface area contributed by atoms with Crippen molar-refractivity contribution in [3.8, 4) is 0 Å². The zero-order valence-electron chi connectivity index (χ0n) is 10.6. The molecule has 0 aromatic carbocycles. The van der Waals surface area contributed by atoms with Crippen LogP contribution in [0.3, 0.4) is 0 Å². The predicted octanol–water partition coefficient (Wildman–Crippen LogP) is 3.09. The first-order chi connectivity index (χ1) is 7.02. The summed E-state index contributed by atoms with van der Waals surface area (Å²) in [5.74, 6) is 0.624. The van der Waals surface area contributed by atoms with Crippen LogP contribution < -0.4 is 0 Å². The van der Waals surface area contributed by atoms with Crippen molar-refractivity contribution >= 4 is 0 Å². The number of hydrogen-bond donors (Lipinski definition) is 0. The van der Waals surface area contributed by atoms with Crippen molar-refractivity contribution in [2.24, 2.45) is 5.92 Å². The molecule has 0 saturated heterocycles. The van der Waals surface area contributed by atoms with Gasteiger partial charge in [0.2, 0.25) is 0 Å². The summed E-state index contributed by atoms with van der Waals surface area (Å²) in [6, 6.07) is 0. The van der Waals surface area contributed by atoms with Gasteiger partial charge in [-0.3, -0.25) is 0 Å². The van der Waals surface area contributed by atoms with Crippen molar-refractivity contribution in [2.45, 2.75) is 41.2 Å². The lowest BCUT2D eigenvalue weighted by Crippen LogP contribution is -2.09. The molecule has 0 saturated carbocycles. The van der Waals surface area contributed by atoms with Gasteiger partial charge in [-0.2, -0.15) is 0 Å². The second-order valence-corrected chi connectivity index (χ2v) is 4.68. The van der Waals surface area contributed by atoms with Gasteiger partial charge in [0.25, 0.3) is 0 Å². The van der Waals surface area contributed by atoms with Gasteiger partial charge in [0.15, 0.2) is 0 Å². The van der Waals surface area contributed by atoms with E-state index in [-0.39, 0.29) is 0 Å². The molecule has 1 aromatic rings. The maximum atomic E-state index is 5.58. The molecule has 2 nitrogen and oxygen atoms in total. The summed E-state index contributed by atoms with van der Waals surface area (Å²) in [6.07, 6.45) is 2.21. The van der Waals surface area contributed by atoms with Crippen molar-refractivity contribution in [3.63, 3.8) is 0 Å². The number of aryl methyl sites for hydroxylation is 1. The number of nitrogens with zero attached hydrogens (tertiary/aromatic N) is 1. The Morgan fingerprint density at radius 1 is 1.27 bits per heavy atom. The molecule has 0 unspecified atom stereocenters. The minimum Gasteiger partial charge on any atom is -0.379 e. The third-order valence-electron chi connectivity index (χ3n) is 2.84. The average Bonchev–Trinajstić information content (AvgIpc) is 2.41. The Balaban J connectivity index is 2.41. The first kappa shape index (κ1) is 12.3. The van der Waals surface area contributed by atoms with Crippen molar-refractivity contribution in [1.82, 2.24) is 4.57 Å². The third-order valence-corrected chi connectivity index (χ3v) is 2.84. The van der Waals surface area contributed by atoms with Gasteiger partial charge in [-0.25, -0.2) is 0 Å². The van der Waals surface area contributed by atoms with Crippen LogP contribution in [0, 0.1) is 26.7 Å². The smallest absolute Gasteiger partial charge is 0.0645 e. The molecule has 0 bridgehead atoms. The first-order valence-corrected chi connectivity index (χ1v) is 5.73. The van der Waals surface area contributed by atoms with E-state index in [0.29, 0.717) is 5.92 Å². The minimum atomic E-state index is 0.624. The summed E-state index contributed by atoms with van der Waals surface area (Å²) in [6.45, 7) is 13.5. The number of aromatic nitrogens is 1. The Kier molecular flexibility index (Phi) is 4.40. The van der Waals surface area contributed by atoms with E-state index in [1.807, 2.05) is 0 Å². The second-order valence-electron chi connectivity index (χ2n) is 4.68. The highest BCUT2D eigenvalue weighted by molar-refractivity contribution is 5.28. The predicted molar refractivity (Wildman–Crippen MR) is 64.3 cm³/mol. The monoisotopic (exact) mass is 209 g/mol. The minimum absolute atomic E-state index is 0.624. The fourth-order valence-electron chi connectivity index (χ4n) is 1.64. The van der Waals surface area contributed by atoms with E-state index in [1.165, 1.54) is 16.8 Å². The maximum Gasteiger partial charge on any atom is 0.0645 e. The number of ether oxygens (including phenoxy) is 1. The molecule has 86 valence electrons. The Morgan fingerprint density at radius 2 is 1.93 bits per heavy atom. The van der Waals surface area contributed by atoms with Crippen molar-refractivity contribution in [1.29, 1.82) is 0 Å². The van der Waals surface area contributed by atoms with Gasteiger partial charge >= 0.3 is 0 Å². The van der Waals surface area contributed by atoms with Crippen molar-refractivity contribution in [3.05, 3.63) is 23.0 Å². The van der Waals surface area contributed by atoms with E-state index in [9.17, 15) is 0 Å². The van der Waals surface area contributed by atoms with Crippen LogP contribution in [0.1, 0.15) is 30.7 Å². The van der Waals surface area contributed by atoms with Crippen LogP contribution >= 0.6 is 0 Å². The molecule has 0 fully saturated rings. The van der Waals surface area contributed by atoms with E-state index >= 15 is 0 Å². The Bertz CT molecular complexity index is 313. The summed E-state index contributed by atoms with van der Waals surface area (Å²) < 4.78 is 7.87. The topological polar surface area (TPSA) is 14.2 Å². The molecular weight excluding hydrogens is 186 g/mol. The van der Waals surface area contributed by atoms with Gasteiger partial charge in [0, 0.05) is 25.0 Å². The van der Waals surface area contributed by atoms with Crippen LogP contribution in [0.15, 0.2) is 6.20 Å². The van der Waals surface area contributed by atoms with Crippen LogP contribution in [0.25, 0.3) is 0 Å². The lowest BCUT2D eigenvalue weighted by Gasteiger charge is -2.09. The van der Waals surface area contributed by atoms with Crippen molar-refractivity contribution < 1.29 is 4.74 Å². The van der Waals surface area contributed by atoms with Gasteiger partial charge in [0.1, 0.15) is 0 Å². The van der Waals surface area contributed by atoms with Crippen LogP contribution in [0.2, 0.25) is 0 Å². The van der Waals surface area contributed by atoms with E-state index < -0.39 is 0 Å². The fraction of sp³-hybridized carbons (Fsp3) is 0.692. The first-order valence-electron chi connectivity index (χ1n) is 5.73. The molecule has 1 heterocycles. The largest absolute Gasteiger partial charge is 0.379 e. The van der Waals surface area contributed by atoms with Crippen LogP contribution in [-0.4, -0.2) is 17.8 Å². The van der Waals surface area contributed by atoms with Crippen molar-refractivity contribution in [2.75, 3.05) is 13.2 Å². The summed E-state index contributed by atoms with van der Waals surface area (Å²) in [4.78, 5) is 0. The van der Waals surface area contributed by atoms with Gasteiger partial charge in [0.05, 0.1) is 6.61 Å². The molecule has 0 aliphatic carbocycles. The van der Waals surface area contributed by atoms with E-state index in [2.05, 4.69) is 45.4 Å². The molecule has 2 heteroatoms. The molecule has 0 aliphatic rings. The lowest BCUT2D eigenvalue weighted by molar-refractivity contribution is 0.103. The van der Waals surface area contributed by atoms with Crippen LogP contribution in [-0.2, 0) is 11.3 Å². The molecule has 0 N–H and O–H groups in total. The molecular formula is C13H23NO. The summed E-state index contributed by atoms with van der Waals surface area (Å²) in [5.41, 5.74) is 4.14. The normalized spacial score (nSPS) is 11.3. The highest BCUT2D eigenvalue weighted by atomic mass is 16.5. The van der Waals surface area contributed by atoms with Gasteiger partial charge in [-0.05, 0) is 37.8 Å². The Morgan fingerprint density at radius 3 is 2.40 bits per heavy atom. The quantitative estimate of drug-likeness (QED) is 0.680. The molecule has 0 atom stereocenters. The lowest BCUT2D eigenvalue weighted by atomic mass is 10.2. The van der Waals surface area contributed by atoms with E-state index in [4.69, 9.17) is 4.74 Å². The molecule has 15 heavy (non-hydrogen) atoms. The van der Waals surface area contributed by atoms with Crippen LogP contribution in [0.4, 0.5) is 0 Å². The van der Waals surface area contributed by atoms with Gasteiger partial charge < -0.3 is 9.30 Å². The second kappa shape index (κ2) is 5.36. The Hall–Kier alpha value is -0.760. The fourth-order valence-corrected chi connectivity index (χ4v) is 1.64. The number of rotatable bonds is 5. The third kappa shape index (κ3) is 3.38. The Labute approximate surface area is 93.2 Å².